The summed E-state index contributed by atoms with van der Waals surface area (Å²) in [6, 6.07) is 7.04. The van der Waals surface area contributed by atoms with Crippen LogP contribution < -0.4 is 4.74 Å². The molecule has 0 N–H and O–H groups in total. The van der Waals surface area contributed by atoms with E-state index in [2.05, 4.69) is 14.5 Å². The summed E-state index contributed by atoms with van der Waals surface area (Å²) in [5, 5.41) is 0.734. The first-order chi connectivity index (χ1) is 15.0. The molecule has 1 saturated heterocycles. The summed E-state index contributed by atoms with van der Waals surface area (Å²) in [6.07, 6.45) is 4.72. The molecule has 0 spiro atoms. The van der Waals surface area contributed by atoms with Crippen LogP contribution in [-0.2, 0) is 26.1 Å². The summed E-state index contributed by atoms with van der Waals surface area (Å²) in [6.45, 7) is 2.80. The summed E-state index contributed by atoms with van der Waals surface area (Å²) >= 11 is 0. The number of rotatable bonds is 5. The Morgan fingerprint density at radius 2 is 1.90 bits per heavy atom. The lowest BCUT2D eigenvalue weighted by molar-refractivity contribution is -0.139. The SMILES string of the molecule is FC(F)(F)Cn1ccc2c(OC3CCN(Cc4ncc5n4CCCC5)CC3)cccc21. The normalized spacial score (nSPS) is 18.4. The number of likely N-dealkylation sites (tertiary alicyclic amines) is 1. The zero-order valence-corrected chi connectivity index (χ0v) is 17.4. The predicted molar refractivity (Wildman–Crippen MR) is 112 cm³/mol. The molecule has 31 heavy (non-hydrogen) atoms. The van der Waals surface area contributed by atoms with E-state index in [9.17, 15) is 13.2 Å². The van der Waals surface area contributed by atoms with E-state index in [1.54, 1.807) is 18.2 Å². The first-order valence-electron chi connectivity index (χ1n) is 11.0. The van der Waals surface area contributed by atoms with Gasteiger partial charge in [-0.1, -0.05) is 6.07 Å². The van der Waals surface area contributed by atoms with Crippen LogP contribution in [0, 0.1) is 0 Å². The van der Waals surface area contributed by atoms with Crippen LogP contribution in [0.15, 0.2) is 36.7 Å². The second kappa shape index (κ2) is 8.22. The third-order valence-electron chi connectivity index (χ3n) is 6.40. The molecule has 0 radical (unpaired) electrons. The highest BCUT2D eigenvalue weighted by atomic mass is 19.4. The van der Waals surface area contributed by atoms with E-state index in [1.807, 2.05) is 12.3 Å². The zero-order chi connectivity index (χ0) is 21.4. The van der Waals surface area contributed by atoms with Crippen molar-refractivity contribution in [1.29, 1.82) is 0 Å². The van der Waals surface area contributed by atoms with Crippen molar-refractivity contribution >= 4 is 10.9 Å². The maximum atomic E-state index is 12.8. The summed E-state index contributed by atoms with van der Waals surface area (Å²) in [5.41, 5.74) is 1.90. The highest BCUT2D eigenvalue weighted by Crippen LogP contribution is 2.31. The van der Waals surface area contributed by atoms with Crippen LogP contribution in [-0.4, -0.2) is 44.4 Å². The van der Waals surface area contributed by atoms with Crippen LogP contribution in [0.25, 0.3) is 10.9 Å². The number of fused-ring (bicyclic) bond motifs is 2. The van der Waals surface area contributed by atoms with Gasteiger partial charge < -0.3 is 13.9 Å². The number of piperidine rings is 1. The molecule has 0 saturated carbocycles. The van der Waals surface area contributed by atoms with Gasteiger partial charge in [0, 0.05) is 43.1 Å². The predicted octanol–water partition coefficient (Wildman–Crippen LogP) is 4.78. The zero-order valence-electron chi connectivity index (χ0n) is 17.4. The number of imidazole rings is 1. The Hall–Kier alpha value is -2.48. The first-order valence-corrected chi connectivity index (χ1v) is 11.0. The van der Waals surface area contributed by atoms with Crippen molar-refractivity contribution in [3.63, 3.8) is 0 Å². The van der Waals surface area contributed by atoms with Gasteiger partial charge in [0.1, 0.15) is 24.2 Å². The van der Waals surface area contributed by atoms with Crippen molar-refractivity contribution in [3.8, 4) is 5.75 Å². The van der Waals surface area contributed by atoms with Crippen molar-refractivity contribution in [2.75, 3.05) is 13.1 Å². The molecule has 0 aliphatic carbocycles. The third-order valence-corrected chi connectivity index (χ3v) is 6.40. The molecule has 3 aromatic rings. The highest BCUT2D eigenvalue weighted by Gasteiger charge is 2.29. The van der Waals surface area contributed by atoms with E-state index >= 15 is 0 Å². The number of ether oxygens (including phenoxy) is 1. The topological polar surface area (TPSA) is 35.2 Å². The summed E-state index contributed by atoms with van der Waals surface area (Å²) in [4.78, 5) is 7.07. The Morgan fingerprint density at radius 3 is 2.71 bits per heavy atom. The molecule has 166 valence electrons. The van der Waals surface area contributed by atoms with Gasteiger partial charge in [-0.2, -0.15) is 13.2 Å². The van der Waals surface area contributed by atoms with Crippen LogP contribution in [0.3, 0.4) is 0 Å². The van der Waals surface area contributed by atoms with Crippen molar-refractivity contribution in [3.05, 3.63) is 48.2 Å². The van der Waals surface area contributed by atoms with E-state index < -0.39 is 12.7 Å². The van der Waals surface area contributed by atoms with Gasteiger partial charge in [0.05, 0.1) is 12.1 Å². The number of benzene rings is 1. The van der Waals surface area contributed by atoms with E-state index in [4.69, 9.17) is 4.74 Å². The molecule has 4 heterocycles. The summed E-state index contributed by atoms with van der Waals surface area (Å²) in [7, 11) is 0. The number of aromatic nitrogens is 3. The van der Waals surface area contributed by atoms with Crippen LogP contribution in [0.1, 0.15) is 37.2 Å². The standard InChI is InChI=1S/C23H27F3N4O/c24-23(25,26)16-29-13-9-19-20(29)5-3-6-21(19)31-18-7-11-28(12-8-18)15-22-27-14-17-4-1-2-10-30(17)22/h3,5-6,9,13-14,18H,1-2,4,7-8,10-12,15-16H2. The van der Waals surface area contributed by atoms with Gasteiger partial charge in [0.25, 0.3) is 0 Å². The number of aryl methyl sites for hydroxylation is 1. The minimum atomic E-state index is -4.25. The lowest BCUT2D eigenvalue weighted by Gasteiger charge is -2.32. The lowest BCUT2D eigenvalue weighted by Crippen LogP contribution is -2.38. The van der Waals surface area contributed by atoms with E-state index in [0.29, 0.717) is 11.3 Å². The minimum absolute atomic E-state index is 0.0713. The number of alkyl halides is 3. The number of hydrogen-bond acceptors (Lipinski definition) is 3. The Labute approximate surface area is 179 Å². The number of halogens is 3. The molecular formula is C23H27F3N4O. The van der Waals surface area contributed by atoms with Gasteiger partial charge in [0.15, 0.2) is 0 Å². The molecule has 2 aromatic heterocycles. The average Bonchev–Trinajstić information content (AvgIpc) is 3.34. The fraction of sp³-hybridized carbons (Fsp3) is 0.522. The van der Waals surface area contributed by atoms with E-state index in [-0.39, 0.29) is 6.10 Å². The fourth-order valence-corrected chi connectivity index (χ4v) is 4.82. The monoisotopic (exact) mass is 432 g/mol. The third kappa shape index (κ3) is 4.44. The largest absolute Gasteiger partial charge is 0.490 e. The second-order valence-corrected chi connectivity index (χ2v) is 8.62. The van der Waals surface area contributed by atoms with Crippen LogP contribution in [0.4, 0.5) is 13.2 Å². The number of hydrogen-bond donors (Lipinski definition) is 0. The van der Waals surface area contributed by atoms with Crippen LogP contribution in [0.2, 0.25) is 0 Å². The molecule has 2 aliphatic rings. The van der Waals surface area contributed by atoms with E-state index in [0.717, 1.165) is 56.7 Å². The Bertz CT molecular complexity index is 1050. The Balaban J connectivity index is 1.21. The molecule has 2 aliphatic heterocycles. The molecule has 0 atom stereocenters. The molecule has 5 rings (SSSR count). The first kappa shape index (κ1) is 20.4. The second-order valence-electron chi connectivity index (χ2n) is 8.62. The van der Waals surface area contributed by atoms with E-state index in [1.165, 1.54) is 29.3 Å². The minimum Gasteiger partial charge on any atom is -0.490 e. The summed E-state index contributed by atoms with van der Waals surface area (Å²) in [5.74, 6) is 1.82. The van der Waals surface area contributed by atoms with Gasteiger partial charge in [-0.05, 0) is 50.3 Å². The van der Waals surface area contributed by atoms with Gasteiger partial charge in [-0.25, -0.2) is 4.98 Å². The maximum absolute atomic E-state index is 12.8. The van der Waals surface area contributed by atoms with Crippen LogP contribution in [0.5, 0.6) is 5.75 Å². The summed E-state index contributed by atoms with van der Waals surface area (Å²) < 4.78 is 48.3. The van der Waals surface area contributed by atoms with Gasteiger partial charge in [-0.15, -0.1) is 0 Å². The number of nitrogens with zero attached hydrogens (tertiary/aromatic N) is 4. The molecule has 0 amide bonds. The van der Waals surface area contributed by atoms with Gasteiger partial charge in [-0.3, -0.25) is 4.90 Å². The highest BCUT2D eigenvalue weighted by molar-refractivity contribution is 5.86. The Morgan fingerprint density at radius 1 is 1.06 bits per heavy atom. The molecule has 0 bridgehead atoms. The maximum Gasteiger partial charge on any atom is 0.406 e. The van der Waals surface area contributed by atoms with Gasteiger partial charge >= 0.3 is 6.18 Å². The van der Waals surface area contributed by atoms with Crippen LogP contribution >= 0.6 is 0 Å². The van der Waals surface area contributed by atoms with Gasteiger partial charge in [0.2, 0.25) is 0 Å². The van der Waals surface area contributed by atoms with Crippen molar-refractivity contribution in [2.45, 2.75) is 64.0 Å². The quantitative estimate of drug-likeness (QED) is 0.582. The fourth-order valence-electron chi connectivity index (χ4n) is 4.82. The molecule has 5 nitrogen and oxygen atoms in total. The van der Waals surface area contributed by atoms with Crippen molar-refractivity contribution < 1.29 is 17.9 Å². The average molecular weight is 432 g/mol. The Kier molecular flexibility index (Phi) is 5.42. The van der Waals surface area contributed by atoms with Crippen molar-refractivity contribution in [2.24, 2.45) is 0 Å². The lowest BCUT2D eigenvalue weighted by atomic mass is 10.1. The van der Waals surface area contributed by atoms with Crippen molar-refractivity contribution in [1.82, 2.24) is 19.0 Å². The molecule has 8 heteroatoms. The smallest absolute Gasteiger partial charge is 0.406 e. The molecule has 0 unspecified atom stereocenters. The molecule has 1 fully saturated rings. The molecule has 1 aromatic carbocycles. The molecular weight excluding hydrogens is 405 g/mol.